The number of rotatable bonds is 5. The molecule has 2 aromatic carbocycles. The second-order valence-electron chi connectivity index (χ2n) is 6.98. The molecular weight excluding hydrogens is 396 g/mol. The first-order valence-electron chi connectivity index (χ1n) is 9.73. The fraction of sp³-hybridized carbons (Fsp3) is 0.174. The van der Waals surface area contributed by atoms with Crippen LogP contribution in [0, 0.1) is 6.92 Å². The van der Waals surface area contributed by atoms with Gasteiger partial charge in [0.2, 0.25) is 0 Å². The molecule has 0 saturated heterocycles. The van der Waals surface area contributed by atoms with Crippen molar-refractivity contribution < 1.29 is 9.47 Å². The number of pyridine rings is 1. The number of hydrogen-bond acceptors (Lipinski definition) is 6. The van der Waals surface area contributed by atoms with E-state index in [4.69, 9.17) is 9.47 Å². The molecule has 2 aromatic heterocycles. The van der Waals surface area contributed by atoms with E-state index >= 15 is 0 Å². The summed E-state index contributed by atoms with van der Waals surface area (Å²) < 4.78 is 14.0. The summed E-state index contributed by atoms with van der Waals surface area (Å²) >= 11 is 1.61. The Morgan fingerprint density at radius 3 is 2.67 bits per heavy atom. The number of benzene rings is 2. The predicted octanol–water partition coefficient (Wildman–Crippen LogP) is 4.57. The third-order valence-electron chi connectivity index (χ3n) is 4.88. The van der Waals surface area contributed by atoms with Gasteiger partial charge in [-0.25, -0.2) is 0 Å². The lowest BCUT2D eigenvalue weighted by molar-refractivity contribution is 0.107. The molecule has 150 valence electrons. The average Bonchev–Trinajstić information content (AvgIpc) is 3.22. The van der Waals surface area contributed by atoms with Gasteiger partial charge in [0.25, 0.3) is 0 Å². The molecule has 0 unspecified atom stereocenters. The Labute approximate surface area is 178 Å². The van der Waals surface area contributed by atoms with E-state index in [-0.39, 0.29) is 6.10 Å². The van der Waals surface area contributed by atoms with Gasteiger partial charge in [0, 0.05) is 23.7 Å². The van der Waals surface area contributed by atoms with Crippen LogP contribution in [0.25, 0.3) is 17.1 Å². The molecule has 0 N–H and O–H groups in total. The third kappa shape index (κ3) is 3.64. The Bertz CT molecular complexity index is 1160. The highest BCUT2D eigenvalue weighted by atomic mass is 32.2. The molecule has 6 nitrogen and oxygen atoms in total. The molecule has 30 heavy (non-hydrogen) atoms. The zero-order chi connectivity index (χ0) is 20.3. The lowest BCUT2D eigenvalue weighted by Gasteiger charge is -2.26. The number of aromatic nitrogens is 4. The number of thioether (sulfide) groups is 1. The Kier molecular flexibility index (Phi) is 5.11. The van der Waals surface area contributed by atoms with Crippen LogP contribution in [0.4, 0.5) is 0 Å². The molecule has 0 spiro atoms. The highest BCUT2D eigenvalue weighted by Gasteiger charge is 2.23. The minimum absolute atomic E-state index is 0.0613. The molecule has 0 aliphatic carbocycles. The normalized spacial score (nSPS) is 15.2. The molecule has 7 heteroatoms. The molecule has 4 aromatic rings. The molecule has 0 saturated carbocycles. The predicted molar refractivity (Wildman–Crippen MR) is 116 cm³/mol. The van der Waals surface area contributed by atoms with Crippen molar-refractivity contribution in [2.45, 2.75) is 18.2 Å². The SMILES string of the molecule is Cc1ccccc1-n1c(SC[C@H]2COc3ccccc3O2)nnc1-c1cccnc1. The monoisotopic (exact) mass is 416 g/mol. The first kappa shape index (κ1) is 18.7. The van der Waals surface area contributed by atoms with Gasteiger partial charge in [-0.1, -0.05) is 42.1 Å². The van der Waals surface area contributed by atoms with E-state index in [1.54, 1.807) is 18.0 Å². The largest absolute Gasteiger partial charge is 0.486 e. The van der Waals surface area contributed by atoms with Crippen LogP contribution in [-0.2, 0) is 0 Å². The zero-order valence-electron chi connectivity index (χ0n) is 16.4. The van der Waals surface area contributed by atoms with Crippen LogP contribution >= 0.6 is 11.8 Å². The quantitative estimate of drug-likeness (QED) is 0.444. The number of para-hydroxylation sites is 3. The summed E-state index contributed by atoms with van der Waals surface area (Å²) in [6, 6.07) is 19.9. The lowest BCUT2D eigenvalue weighted by Crippen LogP contribution is -2.31. The number of aryl methyl sites for hydroxylation is 1. The molecule has 0 bridgehead atoms. The van der Waals surface area contributed by atoms with E-state index < -0.39 is 0 Å². The van der Waals surface area contributed by atoms with Crippen LogP contribution in [0.2, 0.25) is 0 Å². The summed E-state index contributed by atoms with van der Waals surface area (Å²) in [5.74, 6) is 3.04. The highest BCUT2D eigenvalue weighted by molar-refractivity contribution is 7.99. The van der Waals surface area contributed by atoms with Gasteiger partial charge in [-0.05, 0) is 42.8 Å². The van der Waals surface area contributed by atoms with E-state index in [0.29, 0.717) is 12.4 Å². The maximum absolute atomic E-state index is 6.10. The van der Waals surface area contributed by atoms with Gasteiger partial charge in [-0.3, -0.25) is 9.55 Å². The van der Waals surface area contributed by atoms with Gasteiger partial charge in [-0.15, -0.1) is 10.2 Å². The van der Waals surface area contributed by atoms with E-state index in [1.165, 1.54) is 0 Å². The molecule has 1 aliphatic rings. The van der Waals surface area contributed by atoms with Gasteiger partial charge in [-0.2, -0.15) is 0 Å². The lowest BCUT2D eigenvalue weighted by atomic mass is 10.2. The molecule has 1 atom stereocenters. The van der Waals surface area contributed by atoms with Crippen molar-refractivity contribution in [2.24, 2.45) is 0 Å². The number of hydrogen-bond donors (Lipinski definition) is 0. The van der Waals surface area contributed by atoms with Crippen molar-refractivity contribution in [3.8, 4) is 28.6 Å². The minimum Gasteiger partial charge on any atom is -0.486 e. The van der Waals surface area contributed by atoms with E-state index in [0.717, 1.165) is 39.3 Å². The molecular formula is C23H20N4O2S. The zero-order valence-corrected chi connectivity index (χ0v) is 17.2. The van der Waals surface area contributed by atoms with E-state index in [9.17, 15) is 0 Å². The van der Waals surface area contributed by atoms with Crippen LogP contribution in [0.15, 0.2) is 78.2 Å². The maximum atomic E-state index is 6.10. The molecule has 0 amide bonds. The summed E-state index contributed by atoms with van der Waals surface area (Å²) in [4.78, 5) is 4.24. The number of ether oxygens (including phenoxy) is 2. The summed E-state index contributed by atoms with van der Waals surface area (Å²) in [6.45, 7) is 2.60. The van der Waals surface area contributed by atoms with Crippen LogP contribution < -0.4 is 9.47 Å². The van der Waals surface area contributed by atoms with Gasteiger partial charge in [0.15, 0.2) is 22.5 Å². The summed E-state index contributed by atoms with van der Waals surface area (Å²) in [7, 11) is 0. The maximum Gasteiger partial charge on any atom is 0.196 e. The smallest absolute Gasteiger partial charge is 0.196 e. The molecule has 0 radical (unpaired) electrons. The second-order valence-corrected chi connectivity index (χ2v) is 7.97. The first-order valence-corrected chi connectivity index (χ1v) is 10.7. The molecule has 5 rings (SSSR count). The van der Waals surface area contributed by atoms with E-state index in [1.807, 2.05) is 54.7 Å². The van der Waals surface area contributed by atoms with E-state index in [2.05, 4.69) is 38.8 Å². The average molecular weight is 417 g/mol. The number of nitrogens with zero attached hydrogens (tertiary/aromatic N) is 4. The third-order valence-corrected chi connectivity index (χ3v) is 5.94. The van der Waals surface area contributed by atoms with Crippen LogP contribution in [0.3, 0.4) is 0 Å². The van der Waals surface area contributed by atoms with Crippen molar-refractivity contribution in [3.05, 3.63) is 78.6 Å². The van der Waals surface area contributed by atoms with Crippen LogP contribution in [-0.4, -0.2) is 38.2 Å². The fourth-order valence-electron chi connectivity index (χ4n) is 3.39. The first-order chi connectivity index (χ1) is 14.8. The van der Waals surface area contributed by atoms with Crippen molar-refractivity contribution in [2.75, 3.05) is 12.4 Å². The van der Waals surface area contributed by atoms with Gasteiger partial charge >= 0.3 is 0 Å². The van der Waals surface area contributed by atoms with Gasteiger partial charge < -0.3 is 9.47 Å². The Balaban J connectivity index is 1.44. The van der Waals surface area contributed by atoms with Gasteiger partial charge in [0.05, 0.1) is 5.69 Å². The molecule has 0 fully saturated rings. The molecule has 3 heterocycles. The Morgan fingerprint density at radius 1 is 1.00 bits per heavy atom. The van der Waals surface area contributed by atoms with Gasteiger partial charge in [0.1, 0.15) is 12.7 Å². The Hall–Kier alpha value is -3.32. The summed E-state index contributed by atoms with van der Waals surface area (Å²) in [5.41, 5.74) is 3.12. The van der Waals surface area contributed by atoms with Crippen LogP contribution in [0.1, 0.15) is 5.56 Å². The molecule has 1 aliphatic heterocycles. The van der Waals surface area contributed by atoms with Crippen molar-refractivity contribution in [3.63, 3.8) is 0 Å². The fourth-order valence-corrected chi connectivity index (χ4v) is 4.30. The standard InChI is InChI=1S/C23H20N4O2S/c1-16-7-2-3-9-19(16)27-22(17-8-6-12-24-13-17)25-26-23(27)30-15-18-14-28-20-10-4-5-11-21(20)29-18/h2-13,18H,14-15H2,1H3/t18-/m1/s1. The Morgan fingerprint density at radius 2 is 1.83 bits per heavy atom. The van der Waals surface area contributed by atoms with Crippen molar-refractivity contribution >= 4 is 11.8 Å². The summed E-state index contributed by atoms with van der Waals surface area (Å²) in [6.07, 6.45) is 3.50. The topological polar surface area (TPSA) is 62.1 Å². The van der Waals surface area contributed by atoms with Crippen molar-refractivity contribution in [1.29, 1.82) is 0 Å². The minimum atomic E-state index is -0.0613. The van der Waals surface area contributed by atoms with Crippen LogP contribution in [0.5, 0.6) is 11.5 Å². The number of fused-ring (bicyclic) bond motifs is 1. The van der Waals surface area contributed by atoms with Crippen molar-refractivity contribution in [1.82, 2.24) is 19.7 Å². The summed E-state index contributed by atoms with van der Waals surface area (Å²) in [5, 5.41) is 9.78. The highest BCUT2D eigenvalue weighted by Crippen LogP contribution is 2.34. The second kappa shape index (κ2) is 8.20.